The fraction of sp³-hybridized carbons (Fsp3) is 0.500. The Balaban J connectivity index is 2.15. The van der Waals surface area contributed by atoms with E-state index in [1.807, 2.05) is 0 Å². The molecule has 2 atom stereocenters. The third-order valence-corrected chi connectivity index (χ3v) is 3.76. The summed E-state index contributed by atoms with van der Waals surface area (Å²) in [5.41, 5.74) is 0.342. The molecule has 0 saturated carbocycles. The van der Waals surface area contributed by atoms with Crippen LogP contribution in [-0.2, 0) is 14.4 Å². The van der Waals surface area contributed by atoms with Crippen molar-refractivity contribution in [1.82, 2.24) is 0 Å². The van der Waals surface area contributed by atoms with Crippen LogP contribution in [-0.4, -0.2) is 68.4 Å². The second-order valence-electron chi connectivity index (χ2n) is 5.30. The summed E-state index contributed by atoms with van der Waals surface area (Å²) >= 11 is 0. The standard InChI is InChI=1S/C14H16N2O6/c17-12(18)9-6-8(7-10(15-9)13(19)20)3-5-16-4-1-2-11(16)14(21)22/h5-6,10-11H,1-4,7H2,(H2-,17,18,19,20,21,22)/p+1/t10-,11-/m0/s1. The lowest BCUT2D eigenvalue weighted by Crippen LogP contribution is -2.30. The van der Waals surface area contributed by atoms with Crippen molar-refractivity contribution in [2.75, 3.05) is 6.54 Å². The van der Waals surface area contributed by atoms with Crippen LogP contribution in [0.2, 0.25) is 0 Å². The van der Waals surface area contributed by atoms with Gasteiger partial charge in [-0.2, -0.15) is 0 Å². The first-order chi connectivity index (χ1) is 10.4. The van der Waals surface area contributed by atoms with Gasteiger partial charge in [-0.3, -0.25) is 4.99 Å². The van der Waals surface area contributed by atoms with Crippen molar-refractivity contribution in [1.29, 1.82) is 0 Å². The number of aliphatic imine (C=N–C) groups is 1. The van der Waals surface area contributed by atoms with Crippen molar-refractivity contribution in [3.05, 3.63) is 11.6 Å². The summed E-state index contributed by atoms with van der Waals surface area (Å²) < 4.78 is 1.71. The molecule has 2 aliphatic rings. The zero-order valence-electron chi connectivity index (χ0n) is 11.8. The largest absolute Gasteiger partial charge is 0.480 e. The lowest BCUT2D eigenvalue weighted by atomic mass is 9.99. The number of hydrogen-bond donors (Lipinski definition) is 3. The first-order valence-electron chi connectivity index (χ1n) is 6.93. The van der Waals surface area contributed by atoms with Gasteiger partial charge in [-0.1, -0.05) is 5.57 Å². The highest BCUT2D eigenvalue weighted by Crippen LogP contribution is 2.19. The van der Waals surface area contributed by atoms with Gasteiger partial charge >= 0.3 is 17.9 Å². The highest BCUT2D eigenvalue weighted by Gasteiger charge is 2.34. The quantitative estimate of drug-likeness (QED) is 0.614. The lowest BCUT2D eigenvalue weighted by molar-refractivity contribution is -0.529. The number of dihydropyridines is 1. The topological polar surface area (TPSA) is 127 Å². The third-order valence-electron chi connectivity index (χ3n) is 3.76. The number of carboxylic acids is 3. The molecule has 2 heterocycles. The van der Waals surface area contributed by atoms with Gasteiger partial charge in [0.25, 0.3) is 0 Å². The fourth-order valence-corrected chi connectivity index (χ4v) is 2.66. The molecule has 2 rings (SSSR count). The zero-order chi connectivity index (χ0) is 16.3. The number of aliphatic carboxylic acids is 3. The van der Waals surface area contributed by atoms with Crippen molar-refractivity contribution in [3.8, 4) is 0 Å². The molecule has 0 aromatic carbocycles. The molecule has 0 spiro atoms. The molecular weight excluding hydrogens is 292 g/mol. The average Bonchev–Trinajstić information content (AvgIpc) is 2.93. The van der Waals surface area contributed by atoms with Crippen molar-refractivity contribution >= 4 is 29.8 Å². The smallest absolute Gasteiger partial charge is 0.372 e. The molecule has 8 heteroatoms. The van der Waals surface area contributed by atoms with Crippen molar-refractivity contribution < 1.29 is 34.3 Å². The number of rotatable bonds is 5. The minimum absolute atomic E-state index is 0.133. The summed E-state index contributed by atoms with van der Waals surface area (Å²) in [4.78, 5) is 36.8. The maximum atomic E-state index is 11.1. The van der Waals surface area contributed by atoms with Crippen molar-refractivity contribution in [2.45, 2.75) is 37.8 Å². The minimum atomic E-state index is -1.27. The molecular formula is C14H17N2O6+. The Bertz CT molecular complexity index is 604. The maximum absolute atomic E-state index is 11.1. The second kappa shape index (κ2) is 6.50. The van der Waals surface area contributed by atoms with E-state index in [-0.39, 0.29) is 12.1 Å². The van der Waals surface area contributed by atoms with Crippen LogP contribution >= 0.6 is 0 Å². The van der Waals surface area contributed by atoms with Crippen LogP contribution in [0.15, 0.2) is 16.6 Å². The number of carboxylic acid groups (broad SMARTS) is 3. The Morgan fingerprint density at radius 1 is 1.27 bits per heavy atom. The lowest BCUT2D eigenvalue weighted by Gasteiger charge is -2.15. The molecule has 2 aliphatic heterocycles. The fourth-order valence-electron chi connectivity index (χ4n) is 2.66. The molecule has 0 aromatic heterocycles. The van der Waals surface area contributed by atoms with Gasteiger partial charge in [0.15, 0.2) is 6.04 Å². The first kappa shape index (κ1) is 15.9. The van der Waals surface area contributed by atoms with Gasteiger partial charge in [0, 0.05) is 25.7 Å². The molecule has 0 aliphatic carbocycles. The molecule has 0 radical (unpaired) electrons. The first-order valence-corrected chi connectivity index (χ1v) is 6.93. The molecule has 118 valence electrons. The molecule has 0 amide bonds. The number of hydrogen-bond acceptors (Lipinski definition) is 4. The van der Waals surface area contributed by atoms with Crippen LogP contribution in [0.4, 0.5) is 0 Å². The highest BCUT2D eigenvalue weighted by molar-refractivity contribution is 6.41. The number of nitrogens with zero attached hydrogens (tertiary/aromatic N) is 2. The van der Waals surface area contributed by atoms with E-state index in [9.17, 15) is 14.4 Å². The molecule has 1 fully saturated rings. The molecule has 0 unspecified atom stereocenters. The Hall–Kier alpha value is -2.51. The van der Waals surface area contributed by atoms with Gasteiger partial charge in [0.05, 0.1) is 0 Å². The number of carbonyl (C=O) groups is 3. The van der Waals surface area contributed by atoms with Crippen molar-refractivity contribution in [3.63, 3.8) is 0 Å². The summed E-state index contributed by atoms with van der Waals surface area (Å²) in [7, 11) is 0. The minimum Gasteiger partial charge on any atom is -0.480 e. The van der Waals surface area contributed by atoms with Gasteiger partial charge in [-0.05, 0) is 6.08 Å². The van der Waals surface area contributed by atoms with E-state index in [2.05, 4.69) is 4.99 Å². The van der Waals surface area contributed by atoms with Crippen LogP contribution in [0.3, 0.4) is 0 Å². The molecule has 22 heavy (non-hydrogen) atoms. The van der Waals surface area contributed by atoms with Crippen LogP contribution < -0.4 is 0 Å². The molecule has 0 bridgehead atoms. The normalized spacial score (nSPS) is 26.5. The molecule has 8 nitrogen and oxygen atoms in total. The van der Waals surface area contributed by atoms with E-state index < -0.39 is 30.0 Å². The predicted molar refractivity (Wildman–Crippen MR) is 75.7 cm³/mol. The molecule has 3 N–H and O–H groups in total. The van der Waals surface area contributed by atoms with Crippen LogP contribution in [0.1, 0.15) is 25.7 Å². The van der Waals surface area contributed by atoms with Crippen LogP contribution in [0.25, 0.3) is 0 Å². The van der Waals surface area contributed by atoms with Gasteiger partial charge in [0.2, 0.25) is 6.04 Å². The van der Waals surface area contributed by atoms with Crippen LogP contribution in [0, 0.1) is 0 Å². The monoisotopic (exact) mass is 309 g/mol. The van der Waals surface area contributed by atoms with Gasteiger partial charge in [-0.15, -0.1) is 0 Å². The summed E-state index contributed by atoms with van der Waals surface area (Å²) in [5.74, 6) is -3.33. The maximum Gasteiger partial charge on any atom is 0.372 e. The molecule has 0 aromatic rings. The Kier molecular flexibility index (Phi) is 4.69. The second-order valence-corrected chi connectivity index (χ2v) is 5.30. The zero-order valence-corrected chi connectivity index (χ0v) is 11.8. The van der Waals surface area contributed by atoms with Gasteiger partial charge < -0.3 is 15.3 Å². The average molecular weight is 309 g/mol. The van der Waals surface area contributed by atoms with Gasteiger partial charge in [0.1, 0.15) is 18.5 Å². The van der Waals surface area contributed by atoms with E-state index >= 15 is 0 Å². The SMILES string of the molecule is O=C(O)C1=N[C@H](C(=O)O)CC(CC=[N+]2CCC[C@H]2C(=O)O)=C1. The van der Waals surface area contributed by atoms with E-state index in [1.54, 1.807) is 10.8 Å². The van der Waals surface area contributed by atoms with E-state index in [0.717, 1.165) is 6.42 Å². The molecule has 1 saturated heterocycles. The summed E-state index contributed by atoms with van der Waals surface area (Å²) in [5, 5.41) is 27.1. The van der Waals surface area contributed by atoms with E-state index in [4.69, 9.17) is 15.3 Å². The van der Waals surface area contributed by atoms with E-state index in [1.165, 1.54) is 6.08 Å². The summed E-state index contributed by atoms with van der Waals surface area (Å²) in [6.45, 7) is 0.631. The third kappa shape index (κ3) is 3.57. The Morgan fingerprint density at radius 2 is 2.00 bits per heavy atom. The highest BCUT2D eigenvalue weighted by atomic mass is 16.4. The van der Waals surface area contributed by atoms with Crippen LogP contribution in [0.5, 0.6) is 0 Å². The van der Waals surface area contributed by atoms with Gasteiger partial charge in [-0.25, -0.2) is 19.0 Å². The summed E-state index contributed by atoms with van der Waals surface area (Å²) in [6, 6.07) is -1.67. The van der Waals surface area contributed by atoms with Crippen molar-refractivity contribution in [2.24, 2.45) is 4.99 Å². The Labute approximate surface area is 126 Å². The predicted octanol–water partition coefficient (Wildman–Crippen LogP) is 0.0157. The Morgan fingerprint density at radius 3 is 2.59 bits per heavy atom. The van der Waals surface area contributed by atoms with E-state index in [0.29, 0.717) is 25.0 Å². The summed E-state index contributed by atoms with van der Waals surface area (Å²) in [6.07, 6.45) is 4.88.